The first-order valence-electron chi connectivity index (χ1n) is 4.25. The van der Waals surface area contributed by atoms with Gasteiger partial charge in [0.05, 0.1) is 5.60 Å². The van der Waals surface area contributed by atoms with Crippen LogP contribution in [0.25, 0.3) is 0 Å². The Morgan fingerprint density at radius 1 is 1.50 bits per heavy atom. The SMILES string of the molecule is C[C@H](CCC(=O)O)CC(C)(C)O. The number of carboxylic acid groups (broad SMARTS) is 1. The lowest BCUT2D eigenvalue weighted by Gasteiger charge is -2.21. The number of hydrogen-bond acceptors (Lipinski definition) is 2. The van der Waals surface area contributed by atoms with Gasteiger partial charge in [0.15, 0.2) is 0 Å². The van der Waals surface area contributed by atoms with Crippen molar-refractivity contribution in [3.05, 3.63) is 0 Å². The summed E-state index contributed by atoms with van der Waals surface area (Å²) >= 11 is 0. The van der Waals surface area contributed by atoms with Crippen LogP contribution in [-0.2, 0) is 4.79 Å². The summed E-state index contributed by atoms with van der Waals surface area (Å²) in [4.78, 5) is 10.2. The van der Waals surface area contributed by atoms with Gasteiger partial charge in [-0.05, 0) is 32.6 Å². The molecular formula is C9H18O3. The van der Waals surface area contributed by atoms with Gasteiger partial charge in [-0.1, -0.05) is 6.92 Å². The number of aliphatic carboxylic acids is 1. The summed E-state index contributed by atoms with van der Waals surface area (Å²) in [5, 5.41) is 17.8. The van der Waals surface area contributed by atoms with E-state index in [0.29, 0.717) is 12.8 Å². The van der Waals surface area contributed by atoms with Crippen LogP contribution in [0, 0.1) is 5.92 Å². The topological polar surface area (TPSA) is 57.5 Å². The van der Waals surface area contributed by atoms with E-state index >= 15 is 0 Å². The third-order valence-corrected chi connectivity index (χ3v) is 1.70. The fraction of sp³-hybridized carbons (Fsp3) is 0.889. The Bertz CT molecular complexity index is 146. The smallest absolute Gasteiger partial charge is 0.303 e. The zero-order chi connectivity index (χ0) is 9.78. The number of aliphatic hydroxyl groups is 1. The van der Waals surface area contributed by atoms with Gasteiger partial charge in [-0.25, -0.2) is 0 Å². The van der Waals surface area contributed by atoms with Crippen molar-refractivity contribution in [2.24, 2.45) is 5.92 Å². The first kappa shape index (κ1) is 11.4. The molecule has 0 radical (unpaired) electrons. The molecule has 0 aromatic heterocycles. The lowest BCUT2D eigenvalue weighted by molar-refractivity contribution is -0.137. The minimum atomic E-state index is -0.766. The van der Waals surface area contributed by atoms with Crippen molar-refractivity contribution in [2.45, 2.75) is 45.6 Å². The molecule has 1 atom stereocenters. The van der Waals surface area contributed by atoms with E-state index in [0.717, 1.165) is 0 Å². The lowest BCUT2D eigenvalue weighted by atomic mass is 9.92. The van der Waals surface area contributed by atoms with E-state index in [2.05, 4.69) is 0 Å². The zero-order valence-corrected chi connectivity index (χ0v) is 8.00. The number of rotatable bonds is 5. The van der Waals surface area contributed by atoms with Gasteiger partial charge in [0.2, 0.25) is 0 Å². The molecule has 3 nitrogen and oxygen atoms in total. The van der Waals surface area contributed by atoms with E-state index < -0.39 is 11.6 Å². The van der Waals surface area contributed by atoms with E-state index in [1.54, 1.807) is 13.8 Å². The number of carboxylic acids is 1. The predicted octanol–water partition coefficient (Wildman–Crippen LogP) is 1.65. The van der Waals surface area contributed by atoms with Crippen molar-refractivity contribution < 1.29 is 15.0 Å². The van der Waals surface area contributed by atoms with Gasteiger partial charge in [0.25, 0.3) is 0 Å². The maximum absolute atomic E-state index is 10.2. The second-order valence-corrected chi connectivity index (χ2v) is 4.05. The highest BCUT2D eigenvalue weighted by molar-refractivity contribution is 5.66. The Hall–Kier alpha value is -0.570. The van der Waals surface area contributed by atoms with Crippen LogP contribution in [0.4, 0.5) is 0 Å². The van der Waals surface area contributed by atoms with Gasteiger partial charge < -0.3 is 10.2 Å². The van der Waals surface area contributed by atoms with Crippen LogP contribution < -0.4 is 0 Å². The molecule has 0 bridgehead atoms. The molecule has 0 spiro atoms. The average Bonchev–Trinajstić information content (AvgIpc) is 1.79. The highest BCUT2D eigenvalue weighted by Gasteiger charge is 2.17. The third-order valence-electron chi connectivity index (χ3n) is 1.70. The fourth-order valence-electron chi connectivity index (χ4n) is 1.32. The monoisotopic (exact) mass is 174 g/mol. The van der Waals surface area contributed by atoms with E-state index in [1.165, 1.54) is 0 Å². The summed E-state index contributed by atoms with van der Waals surface area (Å²) in [5.41, 5.74) is -0.683. The molecule has 0 saturated heterocycles. The van der Waals surface area contributed by atoms with Crippen LogP contribution >= 0.6 is 0 Å². The first-order valence-corrected chi connectivity index (χ1v) is 4.25. The van der Waals surface area contributed by atoms with E-state index in [4.69, 9.17) is 5.11 Å². The average molecular weight is 174 g/mol. The van der Waals surface area contributed by atoms with Gasteiger partial charge in [-0.15, -0.1) is 0 Å². The third kappa shape index (κ3) is 7.54. The molecule has 0 rings (SSSR count). The standard InChI is InChI=1S/C9H18O3/c1-7(4-5-8(10)11)6-9(2,3)12/h7,12H,4-6H2,1-3H3,(H,10,11)/t7-/m1/s1. The second kappa shape index (κ2) is 4.45. The molecule has 2 N–H and O–H groups in total. The predicted molar refractivity (Wildman–Crippen MR) is 46.9 cm³/mol. The fourth-order valence-corrected chi connectivity index (χ4v) is 1.32. The van der Waals surface area contributed by atoms with Gasteiger partial charge in [-0.3, -0.25) is 4.79 Å². The van der Waals surface area contributed by atoms with Gasteiger partial charge >= 0.3 is 5.97 Å². The molecule has 3 heteroatoms. The quantitative estimate of drug-likeness (QED) is 0.666. The Kier molecular flexibility index (Phi) is 4.24. The Morgan fingerprint density at radius 3 is 2.33 bits per heavy atom. The minimum absolute atomic E-state index is 0.192. The maximum Gasteiger partial charge on any atom is 0.303 e. The molecule has 0 fully saturated rings. The molecule has 0 aliphatic rings. The summed E-state index contributed by atoms with van der Waals surface area (Å²) in [5.74, 6) is -0.501. The molecule has 0 aliphatic heterocycles. The Morgan fingerprint density at radius 2 is 2.00 bits per heavy atom. The minimum Gasteiger partial charge on any atom is -0.481 e. The lowest BCUT2D eigenvalue weighted by Crippen LogP contribution is -2.22. The van der Waals surface area contributed by atoms with E-state index in [1.807, 2.05) is 6.92 Å². The van der Waals surface area contributed by atoms with Crippen molar-refractivity contribution >= 4 is 5.97 Å². The molecule has 0 unspecified atom stereocenters. The van der Waals surface area contributed by atoms with Gasteiger partial charge in [0, 0.05) is 6.42 Å². The van der Waals surface area contributed by atoms with Gasteiger partial charge in [-0.2, -0.15) is 0 Å². The largest absolute Gasteiger partial charge is 0.481 e. The summed E-state index contributed by atoms with van der Waals surface area (Å²) < 4.78 is 0. The number of hydrogen-bond donors (Lipinski definition) is 2. The van der Waals surface area contributed by atoms with Crippen LogP contribution in [0.1, 0.15) is 40.0 Å². The first-order chi connectivity index (χ1) is 5.31. The molecule has 0 aliphatic carbocycles. The van der Waals surface area contributed by atoms with Crippen LogP contribution in [0.15, 0.2) is 0 Å². The van der Waals surface area contributed by atoms with Gasteiger partial charge in [0.1, 0.15) is 0 Å². The highest BCUT2D eigenvalue weighted by Crippen LogP contribution is 2.19. The molecule has 0 amide bonds. The van der Waals surface area contributed by atoms with Crippen LogP contribution in [0.5, 0.6) is 0 Å². The highest BCUT2D eigenvalue weighted by atomic mass is 16.4. The van der Waals surface area contributed by atoms with Crippen LogP contribution in [0.2, 0.25) is 0 Å². The molecular weight excluding hydrogens is 156 g/mol. The van der Waals surface area contributed by atoms with E-state index in [9.17, 15) is 9.90 Å². The molecule has 0 heterocycles. The second-order valence-electron chi connectivity index (χ2n) is 4.05. The van der Waals surface area contributed by atoms with Crippen molar-refractivity contribution in [1.82, 2.24) is 0 Å². The van der Waals surface area contributed by atoms with Crippen molar-refractivity contribution in [3.8, 4) is 0 Å². The summed E-state index contributed by atoms with van der Waals surface area (Å²) in [6.45, 7) is 5.44. The zero-order valence-electron chi connectivity index (χ0n) is 8.00. The maximum atomic E-state index is 10.2. The van der Waals surface area contributed by atoms with Crippen molar-refractivity contribution in [3.63, 3.8) is 0 Å². The van der Waals surface area contributed by atoms with E-state index in [-0.39, 0.29) is 12.3 Å². The van der Waals surface area contributed by atoms with Crippen molar-refractivity contribution in [1.29, 1.82) is 0 Å². The number of carbonyl (C=O) groups is 1. The molecule has 0 aromatic rings. The molecule has 0 saturated carbocycles. The molecule has 72 valence electrons. The van der Waals surface area contributed by atoms with Crippen LogP contribution in [0.3, 0.4) is 0 Å². The Balaban J connectivity index is 3.60. The molecule has 12 heavy (non-hydrogen) atoms. The van der Waals surface area contributed by atoms with Crippen LogP contribution in [-0.4, -0.2) is 21.8 Å². The summed E-state index contributed by atoms with van der Waals surface area (Å²) in [7, 11) is 0. The van der Waals surface area contributed by atoms with Crippen molar-refractivity contribution in [2.75, 3.05) is 0 Å². The summed E-state index contributed by atoms with van der Waals surface area (Å²) in [6, 6.07) is 0. The summed E-state index contributed by atoms with van der Waals surface area (Å²) in [6.07, 6.45) is 1.48. The Labute approximate surface area is 73.4 Å². The normalized spacial score (nSPS) is 14.3. The molecule has 0 aromatic carbocycles.